The molecule has 0 aromatic heterocycles. The molecule has 0 unspecified atom stereocenters. The number of hydrogen-bond acceptors (Lipinski definition) is 10. The minimum atomic E-state index is 0.121. The van der Waals surface area contributed by atoms with Gasteiger partial charge in [-0.15, -0.1) is 0 Å². The third kappa shape index (κ3) is 5.68. The van der Waals surface area contributed by atoms with Gasteiger partial charge in [0.15, 0.2) is 0 Å². The Balaban J connectivity index is 2.21. The first-order chi connectivity index (χ1) is 17.2. The van der Waals surface area contributed by atoms with Gasteiger partial charge in [-0.25, -0.2) is 24.0 Å². The Labute approximate surface area is 197 Å². The average Bonchev–Trinajstić information content (AvgIpc) is 2.85. The monoisotopic (exact) mass is 463 g/mol. The fourth-order valence-corrected chi connectivity index (χ4v) is 3.61. The predicted octanol–water partition coefficient (Wildman–Crippen LogP) is 4.70. The molecule has 0 radical (unpaired) electrons. The van der Waals surface area contributed by atoms with Crippen LogP contribution in [0.3, 0.4) is 0 Å². The van der Waals surface area contributed by atoms with Gasteiger partial charge in [0.1, 0.15) is 22.7 Å². The van der Waals surface area contributed by atoms with Crippen molar-refractivity contribution in [2.45, 2.75) is 12.8 Å². The molecule has 0 aliphatic carbocycles. The summed E-state index contributed by atoms with van der Waals surface area (Å²) < 4.78 is 0. The first kappa shape index (κ1) is 24.2. The van der Waals surface area contributed by atoms with Gasteiger partial charge in [0.2, 0.25) is 30.4 Å². The van der Waals surface area contributed by atoms with E-state index in [0.717, 1.165) is 0 Å². The number of nitrogens with zero attached hydrogens (tertiary/aromatic N) is 5. The summed E-state index contributed by atoms with van der Waals surface area (Å²) in [6.45, 7) is 0. The number of hydrogen-bond donors (Lipinski definition) is 0. The van der Waals surface area contributed by atoms with Crippen molar-refractivity contribution in [1.82, 2.24) is 0 Å². The van der Waals surface area contributed by atoms with E-state index in [0.29, 0.717) is 27.9 Å². The van der Waals surface area contributed by atoms with Crippen molar-refractivity contribution in [3.05, 3.63) is 76.9 Å². The molecule has 0 spiro atoms. The van der Waals surface area contributed by atoms with Crippen LogP contribution < -0.4 is 0 Å². The summed E-state index contributed by atoms with van der Waals surface area (Å²) in [5.74, 6) is 0. The van der Waals surface area contributed by atoms with Gasteiger partial charge in [-0.3, -0.25) is 0 Å². The van der Waals surface area contributed by atoms with Crippen molar-refractivity contribution >= 4 is 58.8 Å². The number of benzene rings is 3. The standard InChI is InChI=1S/C25H13N5O5/c31-12-26-21-7-1-4-17(10-18-5-2-8-22(27-13-32)24(18)29-15-34)20(21)11-19-6-3-9-23(28-14-33)25(19)30-16-35/h1-9H,10-11H2. The van der Waals surface area contributed by atoms with E-state index in [4.69, 9.17) is 0 Å². The zero-order valence-corrected chi connectivity index (χ0v) is 17.9. The smallest absolute Gasteiger partial charge is 0.211 e. The third-order valence-corrected chi connectivity index (χ3v) is 5.01. The maximum Gasteiger partial charge on any atom is 0.240 e. The first-order valence-electron chi connectivity index (χ1n) is 9.90. The molecule has 0 N–H and O–H groups in total. The molecular weight excluding hydrogens is 450 g/mol. The largest absolute Gasteiger partial charge is 0.240 e. The highest BCUT2D eigenvalue weighted by Crippen LogP contribution is 2.37. The summed E-state index contributed by atoms with van der Waals surface area (Å²) >= 11 is 0. The first-order valence-corrected chi connectivity index (χ1v) is 9.90. The molecule has 0 saturated heterocycles. The lowest BCUT2D eigenvalue weighted by atomic mass is 9.92. The van der Waals surface area contributed by atoms with Crippen LogP contribution in [-0.2, 0) is 36.8 Å². The maximum atomic E-state index is 11.1. The van der Waals surface area contributed by atoms with Crippen molar-refractivity contribution in [2.75, 3.05) is 0 Å². The van der Waals surface area contributed by atoms with E-state index in [2.05, 4.69) is 25.0 Å². The Hall–Kier alpha value is -5.44. The molecule has 3 aromatic carbocycles. The van der Waals surface area contributed by atoms with Crippen LogP contribution in [0, 0.1) is 0 Å². The highest BCUT2D eigenvalue weighted by atomic mass is 16.1. The van der Waals surface area contributed by atoms with E-state index in [1.807, 2.05) is 0 Å². The Morgan fingerprint density at radius 1 is 0.457 bits per heavy atom. The van der Waals surface area contributed by atoms with Gasteiger partial charge in [0.05, 0.1) is 5.69 Å². The fraction of sp³-hybridized carbons (Fsp3) is 0.0800. The molecule has 0 saturated carbocycles. The van der Waals surface area contributed by atoms with E-state index in [-0.39, 0.29) is 35.6 Å². The Morgan fingerprint density at radius 3 is 1.34 bits per heavy atom. The van der Waals surface area contributed by atoms with Crippen LogP contribution >= 0.6 is 0 Å². The molecule has 0 fully saturated rings. The van der Waals surface area contributed by atoms with Crippen LogP contribution in [-0.4, -0.2) is 30.4 Å². The van der Waals surface area contributed by atoms with Gasteiger partial charge in [-0.2, -0.15) is 25.0 Å². The molecule has 10 nitrogen and oxygen atoms in total. The summed E-state index contributed by atoms with van der Waals surface area (Å²) in [4.78, 5) is 73.0. The van der Waals surface area contributed by atoms with Crippen LogP contribution in [0.5, 0.6) is 0 Å². The summed E-state index contributed by atoms with van der Waals surface area (Å²) in [5.41, 5.74) is 3.16. The minimum Gasteiger partial charge on any atom is -0.211 e. The zero-order valence-electron chi connectivity index (χ0n) is 17.9. The summed E-state index contributed by atoms with van der Waals surface area (Å²) in [6.07, 6.45) is 7.62. The average molecular weight is 463 g/mol. The second-order valence-corrected chi connectivity index (χ2v) is 6.85. The molecule has 3 rings (SSSR count). The molecule has 3 aromatic rings. The lowest BCUT2D eigenvalue weighted by Crippen LogP contribution is -1.99. The van der Waals surface area contributed by atoms with Crippen molar-refractivity contribution in [1.29, 1.82) is 0 Å². The van der Waals surface area contributed by atoms with E-state index < -0.39 is 0 Å². The quantitative estimate of drug-likeness (QED) is 0.333. The van der Waals surface area contributed by atoms with E-state index in [1.54, 1.807) is 42.5 Å². The van der Waals surface area contributed by atoms with Crippen LogP contribution in [0.25, 0.3) is 0 Å². The predicted molar refractivity (Wildman–Crippen MR) is 124 cm³/mol. The lowest BCUT2D eigenvalue weighted by Gasteiger charge is -2.15. The van der Waals surface area contributed by atoms with Gasteiger partial charge < -0.3 is 0 Å². The highest BCUT2D eigenvalue weighted by molar-refractivity contribution is 5.74. The van der Waals surface area contributed by atoms with E-state index in [1.165, 1.54) is 42.5 Å². The number of para-hydroxylation sites is 2. The molecule has 10 heteroatoms. The molecule has 0 aliphatic rings. The van der Waals surface area contributed by atoms with Crippen LogP contribution in [0.2, 0.25) is 0 Å². The van der Waals surface area contributed by atoms with E-state index >= 15 is 0 Å². The number of isocyanates is 5. The third-order valence-electron chi connectivity index (χ3n) is 5.01. The Morgan fingerprint density at radius 2 is 0.857 bits per heavy atom. The number of rotatable bonds is 9. The Bertz CT molecular complexity index is 1530. The van der Waals surface area contributed by atoms with Crippen molar-refractivity contribution < 1.29 is 24.0 Å². The topological polar surface area (TPSA) is 147 Å². The van der Waals surface area contributed by atoms with Crippen molar-refractivity contribution in [3.63, 3.8) is 0 Å². The fourth-order valence-electron chi connectivity index (χ4n) is 3.61. The van der Waals surface area contributed by atoms with Crippen molar-refractivity contribution in [3.8, 4) is 0 Å². The molecule has 0 amide bonds. The molecule has 0 bridgehead atoms. The zero-order chi connectivity index (χ0) is 25.0. The van der Waals surface area contributed by atoms with Gasteiger partial charge in [-0.05, 0) is 40.5 Å². The van der Waals surface area contributed by atoms with Crippen LogP contribution in [0.4, 0.5) is 28.4 Å². The second kappa shape index (κ2) is 12.0. The van der Waals surface area contributed by atoms with E-state index in [9.17, 15) is 24.0 Å². The summed E-state index contributed by atoms with van der Waals surface area (Å²) in [6, 6.07) is 14.7. The van der Waals surface area contributed by atoms with Crippen LogP contribution in [0.15, 0.2) is 79.6 Å². The molecule has 168 valence electrons. The summed E-state index contributed by atoms with van der Waals surface area (Å²) in [7, 11) is 0. The Kier molecular flexibility index (Phi) is 8.28. The van der Waals surface area contributed by atoms with Gasteiger partial charge in [0.25, 0.3) is 0 Å². The van der Waals surface area contributed by atoms with Gasteiger partial charge in [-0.1, -0.05) is 36.4 Å². The summed E-state index contributed by atoms with van der Waals surface area (Å²) in [5, 5.41) is 0. The molecule has 0 atom stereocenters. The highest BCUT2D eigenvalue weighted by Gasteiger charge is 2.16. The number of carbonyl (C=O) groups excluding carboxylic acids is 5. The SMILES string of the molecule is O=C=Nc1cccc(Cc2cccc(N=C=O)c2N=C=O)c1Cc1cccc(N=C=O)c1N=C=O. The molecular formula is C25H13N5O5. The van der Waals surface area contributed by atoms with Gasteiger partial charge in [0, 0.05) is 12.8 Å². The van der Waals surface area contributed by atoms with Gasteiger partial charge >= 0.3 is 0 Å². The minimum absolute atomic E-state index is 0.121. The second-order valence-electron chi connectivity index (χ2n) is 6.85. The molecule has 35 heavy (non-hydrogen) atoms. The number of aliphatic imine (C=N–C) groups is 5. The molecule has 0 aliphatic heterocycles. The van der Waals surface area contributed by atoms with Crippen molar-refractivity contribution in [2.24, 2.45) is 25.0 Å². The normalized spacial score (nSPS) is 9.37. The van der Waals surface area contributed by atoms with Crippen LogP contribution in [0.1, 0.15) is 22.3 Å². The maximum absolute atomic E-state index is 11.1. The lowest BCUT2D eigenvalue weighted by molar-refractivity contribution is 0.564. The molecule has 0 heterocycles.